The minimum atomic E-state index is -4.17. The number of hydrogen-bond acceptors (Lipinski definition) is 3. The average molecular weight is 527 g/mol. The van der Waals surface area contributed by atoms with Crippen LogP contribution in [0.5, 0.6) is 0 Å². The van der Waals surface area contributed by atoms with Crippen LogP contribution in [0.2, 0.25) is 0 Å². The van der Waals surface area contributed by atoms with Crippen molar-refractivity contribution in [1.29, 1.82) is 0 Å². The van der Waals surface area contributed by atoms with Gasteiger partial charge < -0.3 is 16.0 Å². The lowest BCUT2D eigenvalue weighted by Crippen LogP contribution is -2.44. The molecule has 1 saturated heterocycles. The summed E-state index contributed by atoms with van der Waals surface area (Å²) in [6, 6.07) is 7.40. The van der Waals surface area contributed by atoms with Gasteiger partial charge in [0, 0.05) is 44.3 Å². The fourth-order valence-corrected chi connectivity index (χ4v) is 2.91. The summed E-state index contributed by atoms with van der Waals surface area (Å²) in [6.45, 7) is 4.05. The summed E-state index contributed by atoms with van der Waals surface area (Å²) in [7, 11) is 1.63. The molecule has 0 aliphatic carbocycles. The van der Waals surface area contributed by atoms with E-state index in [1.807, 2.05) is 38.1 Å². The molecule has 164 valence electrons. The Morgan fingerprint density at radius 1 is 1.28 bits per heavy atom. The lowest BCUT2D eigenvalue weighted by molar-refractivity contribution is -0.143. The first-order valence-electron chi connectivity index (χ1n) is 9.32. The lowest BCUT2D eigenvalue weighted by Gasteiger charge is -2.20. The SMILES string of the molecule is CN=C(NCc1ccc(NC(=O)C(C)C)cc1)NC1CCN(CC(F)(F)F)C1.I. The first kappa shape index (κ1) is 25.5. The Bertz CT molecular complexity index is 679. The van der Waals surface area contributed by atoms with E-state index in [0.29, 0.717) is 32.0 Å². The molecule has 1 heterocycles. The molecule has 1 aliphatic rings. The molecule has 0 aromatic heterocycles. The molecule has 0 bridgehead atoms. The van der Waals surface area contributed by atoms with Crippen molar-refractivity contribution in [3.8, 4) is 0 Å². The van der Waals surface area contributed by atoms with Gasteiger partial charge in [0.2, 0.25) is 5.91 Å². The van der Waals surface area contributed by atoms with Gasteiger partial charge in [0.1, 0.15) is 0 Å². The summed E-state index contributed by atoms with van der Waals surface area (Å²) in [5.41, 5.74) is 1.73. The molecule has 1 unspecified atom stereocenters. The number of halogens is 4. The van der Waals surface area contributed by atoms with Gasteiger partial charge in [-0.05, 0) is 24.1 Å². The van der Waals surface area contributed by atoms with E-state index in [1.165, 1.54) is 4.90 Å². The number of rotatable bonds is 6. The highest BCUT2D eigenvalue weighted by Gasteiger charge is 2.34. The topological polar surface area (TPSA) is 68.8 Å². The van der Waals surface area contributed by atoms with Crippen LogP contribution in [0.4, 0.5) is 18.9 Å². The molecule has 6 nitrogen and oxygen atoms in total. The van der Waals surface area contributed by atoms with Gasteiger partial charge in [-0.2, -0.15) is 13.2 Å². The summed E-state index contributed by atoms with van der Waals surface area (Å²) in [5, 5.41) is 9.17. The summed E-state index contributed by atoms with van der Waals surface area (Å²) < 4.78 is 37.5. The summed E-state index contributed by atoms with van der Waals surface area (Å²) >= 11 is 0. The van der Waals surface area contributed by atoms with Crippen molar-refractivity contribution in [1.82, 2.24) is 15.5 Å². The lowest BCUT2D eigenvalue weighted by atomic mass is 10.1. The van der Waals surface area contributed by atoms with Gasteiger partial charge >= 0.3 is 6.18 Å². The summed E-state index contributed by atoms with van der Waals surface area (Å²) in [4.78, 5) is 17.2. The van der Waals surface area contributed by atoms with Gasteiger partial charge in [-0.3, -0.25) is 14.7 Å². The third-order valence-electron chi connectivity index (χ3n) is 4.45. The van der Waals surface area contributed by atoms with Crippen LogP contribution in [0, 0.1) is 5.92 Å². The molecular weight excluding hydrogens is 498 g/mol. The van der Waals surface area contributed by atoms with Crippen molar-refractivity contribution < 1.29 is 18.0 Å². The van der Waals surface area contributed by atoms with Crippen LogP contribution in [0.1, 0.15) is 25.8 Å². The smallest absolute Gasteiger partial charge is 0.352 e. The van der Waals surface area contributed by atoms with E-state index in [4.69, 9.17) is 0 Å². The minimum Gasteiger partial charge on any atom is -0.352 e. The maximum Gasteiger partial charge on any atom is 0.401 e. The van der Waals surface area contributed by atoms with Crippen molar-refractivity contribution in [3.63, 3.8) is 0 Å². The number of benzene rings is 1. The second-order valence-corrected chi connectivity index (χ2v) is 7.25. The first-order chi connectivity index (χ1) is 13.2. The molecule has 0 saturated carbocycles. The molecule has 1 aliphatic heterocycles. The van der Waals surface area contributed by atoms with Crippen molar-refractivity contribution in [3.05, 3.63) is 29.8 Å². The zero-order valence-electron chi connectivity index (χ0n) is 16.8. The van der Waals surface area contributed by atoms with E-state index in [-0.39, 0.29) is 41.8 Å². The molecule has 2 rings (SSSR count). The molecule has 1 aromatic carbocycles. The zero-order chi connectivity index (χ0) is 20.7. The molecule has 1 aromatic rings. The highest BCUT2D eigenvalue weighted by molar-refractivity contribution is 14.0. The van der Waals surface area contributed by atoms with Crippen LogP contribution in [-0.2, 0) is 11.3 Å². The number of alkyl halides is 3. The molecule has 3 N–H and O–H groups in total. The molecular formula is C19H29F3IN5O. The zero-order valence-corrected chi connectivity index (χ0v) is 19.2. The number of nitrogens with one attached hydrogen (secondary N) is 3. The Kier molecular flexibility index (Phi) is 10.2. The number of carbonyl (C=O) groups excluding carboxylic acids is 1. The van der Waals surface area contributed by atoms with Gasteiger partial charge in [0.25, 0.3) is 0 Å². The monoisotopic (exact) mass is 527 g/mol. The second kappa shape index (κ2) is 11.6. The standard InChI is InChI=1S/C19H28F3N5O.HI/c1-13(2)17(28)25-15-6-4-14(5-7-15)10-24-18(23-3)26-16-8-9-27(11-16)12-19(20,21)22;/h4-7,13,16H,8-12H2,1-3H3,(H,25,28)(H2,23,24,26);1H. The quantitative estimate of drug-likeness (QED) is 0.302. The van der Waals surface area contributed by atoms with Gasteiger partial charge in [-0.25, -0.2) is 0 Å². The van der Waals surface area contributed by atoms with Crippen LogP contribution < -0.4 is 16.0 Å². The largest absolute Gasteiger partial charge is 0.401 e. The predicted octanol–water partition coefficient (Wildman–Crippen LogP) is 3.20. The van der Waals surface area contributed by atoms with E-state index in [1.54, 1.807) is 7.05 Å². The Morgan fingerprint density at radius 3 is 2.48 bits per heavy atom. The Balaban J connectivity index is 0.00000420. The van der Waals surface area contributed by atoms with Crippen molar-refractivity contribution in [2.24, 2.45) is 10.9 Å². The van der Waals surface area contributed by atoms with Gasteiger partial charge in [-0.1, -0.05) is 26.0 Å². The summed E-state index contributed by atoms with van der Waals surface area (Å²) in [5.74, 6) is 0.432. The van der Waals surface area contributed by atoms with Crippen LogP contribution in [0.3, 0.4) is 0 Å². The number of amides is 1. The maximum atomic E-state index is 12.5. The molecule has 0 radical (unpaired) electrons. The molecule has 1 fully saturated rings. The fourth-order valence-electron chi connectivity index (χ4n) is 2.91. The number of aliphatic imine (C=N–C) groups is 1. The number of carbonyl (C=O) groups is 1. The highest BCUT2D eigenvalue weighted by Crippen LogP contribution is 2.20. The Labute approximate surface area is 186 Å². The first-order valence-corrected chi connectivity index (χ1v) is 9.32. The normalized spacial score (nSPS) is 17.8. The highest BCUT2D eigenvalue weighted by atomic mass is 127. The average Bonchev–Trinajstić information content (AvgIpc) is 3.04. The van der Waals surface area contributed by atoms with E-state index < -0.39 is 12.7 Å². The van der Waals surface area contributed by atoms with Crippen molar-refractivity contribution in [2.75, 3.05) is 32.0 Å². The number of guanidine groups is 1. The number of nitrogens with zero attached hydrogens (tertiary/aromatic N) is 2. The van der Waals surface area contributed by atoms with E-state index in [2.05, 4.69) is 20.9 Å². The van der Waals surface area contributed by atoms with E-state index >= 15 is 0 Å². The predicted molar refractivity (Wildman–Crippen MR) is 120 cm³/mol. The molecule has 0 spiro atoms. The van der Waals surface area contributed by atoms with Crippen LogP contribution in [-0.4, -0.2) is 55.7 Å². The molecule has 29 heavy (non-hydrogen) atoms. The maximum absolute atomic E-state index is 12.5. The number of likely N-dealkylation sites (tertiary alicyclic amines) is 1. The van der Waals surface area contributed by atoms with E-state index in [0.717, 1.165) is 11.3 Å². The van der Waals surface area contributed by atoms with Crippen LogP contribution >= 0.6 is 24.0 Å². The third kappa shape index (κ3) is 9.20. The Hall–Kier alpha value is -1.56. The fraction of sp³-hybridized carbons (Fsp3) is 0.579. The summed E-state index contributed by atoms with van der Waals surface area (Å²) in [6.07, 6.45) is -3.53. The van der Waals surface area contributed by atoms with Crippen molar-refractivity contribution >= 4 is 41.5 Å². The minimum absolute atomic E-state index is 0. The molecule has 1 amide bonds. The molecule has 1 atom stereocenters. The van der Waals surface area contributed by atoms with Crippen molar-refractivity contribution in [2.45, 2.75) is 39.0 Å². The van der Waals surface area contributed by atoms with Gasteiger partial charge in [0.15, 0.2) is 5.96 Å². The van der Waals surface area contributed by atoms with Crippen LogP contribution in [0.25, 0.3) is 0 Å². The second-order valence-electron chi connectivity index (χ2n) is 7.25. The number of hydrogen-bond donors (Lipinski definition) is 3. The van der Waals surface area contributed by atoms with Gasteiger partial charge in [0.05, 0.1) is 6.54 Å². The van der Waals surface area contributed by atoms with E-state index in [9.17, 15) is 18.0 Å². The van der Waals surface area contributed by atoms with Crippen LogP contribution in [0.15, 0.2) is 29.3 Å². The molecule has 10 heteroatoms. The number of anilines is 1. The third-order valence-corrected chi connectivity index (χ3v) is 4.45. The van der Waals surface area contributed by atoms with Gasteiger partial charge in [-0.15, -0.1) is 24.0 Å². The Morgan fingerprint density at radius 2 is 1.93 bits per heavy atom.